The van der Waals surface area contributed by atoms with Crippen LogP contribution in [-0.4, -0.2) is 21.2 Å². The summed E-state index contributed by atoms with van der Waals surface area (Å²) in [5, 5.41) is 18.8. The molecule has 1 atom stereocenters. The fourth-order valence-corrected chi connectivity index (χ4v) is 3.10. The number of benzene rings is 1. The minimum Gasteiger partial charge on any atom is -0.312 e. The number of hydrogen-bond acceptors (Lipinski definition) is 4. The van der Waals surface area contributed by atoms with Crippen molar-refractivity contribution in [2.75, 3.05) is 6.54 Å². The average Bonchev–Trinajstić information content (AvgIpc) is 2.96. The number of aromatic nitrogens is 2. The maximum atomic E-state index is 10.8. The number of nitro benzene ring substituents is 1. The molecule has 0 saturated carbocycles. The van der Waals surface area contributed by atoms with Crippen LogP contribution in [0.1, 0.15) is 24.8 Å². The Balaban J connectivity index is 1.68. The topological polar surface area (TPSA) is 73.0 Å². The predicted molar refractivity (Wildman–Crippen MR) is 93.5 cm³/mol. The van der Waals surface area contributed by atoms with Gasteiger partial charge in [0, 0.05) is 43.0 Å². The standard InChI is InChI=1S/C18H22N4O2/c1-21-13-16(12-19-11-14-5-3-2-4-6-14)18(20-21)15-7-9-17(10-8-15)22(23)24/h2-3,7-10,13-14,19H,4-6,11-12H2,1H3. The van der Waals surface area contributed by atoms with Crippen molar-refractivity contribution in [3.63, 3.8) is 0 Å². The average molecular weight is 326 g/mol. The van der Waals surface area contributed by atoms with Crippen molar-refractivity contribution in [3.8, 4) is 11.3 Å². The summed E-state index contributed by atoms with van der Waals surface area (Å²) in [5.74, 6) is 0.703. The van der Waals surface area contributed by atoms with Gasteiger partial charge in [-0.15, -0.1) is 0 Å². The Labute approximate surface area is 141 Å². The summed E-state index contributed by atoms with van der Waals surface area (Å²) < 4.78 is 1.79. The van der Waals surface area contributed by atoms with E-state index in [0.717, 1.165) is 36.3 Å². The first-order chi connectivity index (χ1) is 11.6. The summed E-state index contributed by atoms with van der Waals surface area (Å²) in [6, 6.07) is 6.57. The molecule has 126 valence electrons. The second kappa shape index (κ2) is 7.40. The third kappa shape index (κ3) is 3.89. The van der Waals surface area contributed by atoms with Crippen molar-refractivity contribution in [2.24, 2.45) is 13.0 Å². The van der Waals surface area contributed by atoms with Gasteiger partial charge in [0.2, 0.25) is 0 Å². The van der Waals surface area contributed by atoms with E-state index in [-0.39, 0.29) is 10.6 Å². The van der Waals surface area contributed by atoms with E-state index in [1.54, 1.807) is 16.8 Å². The summed E-state index contributed by atoms with van der Waals surface area (Å²) in [5.41, 5.74) is 2.99. The second-order valence-electron chi connectivity index (χ2n) is 6.26. The number of nitro groups is 1. The highest BCUT2D eigenvalue weighted by Gasteiger charge is 2.13. The zero-order valence-corrected chi connectivity index (χ0v) is 13.8. The summed E-state index contributed by atoms with van der Waals surface area (Å²) in [6.45, 7) is 1.75. The molecule has 6 nitrogen and oxygen atoms in total. The molecule has 1 aliphatic carbocycles. The first-order valence-corrected chi connectivity index (χ1v) is 8.26. The fourth-order valence-electron chi connectivity index (χ4n) is 3.10. The number of allylic oxidation sites excluding steroid dienone is 2. The number of rotatable bonds is 6. The van der Waals surface area contributed by atoms with Crippen LogP contribution in [0.25, 0.3) is 11.3 Å². The van der Waals surface area contributed by atoms with E-state index in [2.05, 4.69) is 22.6 Å². The van der Waals surface area contributed by atoms with Crippen LogP contribution in [0.4, 0.5) is 5.69 Å². The molecule has 1 N–H and O–H groups in total. The Morgan fingerprint density at radius 2 is 2.12 bits per heavy atom. The lowest BCUT2D eigenvalue weighted by molar-refractivity contribution is -0.384. The van der Waals surface area contributed by atoms with Crippen LogP contribution in [0.5, 0.6) is 0 Å². The van der Waals surface area contributed by atoms with Crippen LogP contribution in [-0.2, 0) is 13.6 Å². The number of non-ortho nitro benzene ring substituents is 1. The molecule has 0 saturated heterocycles. The molecule has 1 aromatic carbocycles. The second-order valence-corrected chi connectivity index (χ2v) is 6.26. The lowest BCUT2D eigenvalue weighted by Gasteiger charge is -2.18. The van der Waals surface area contributed by atoms with Crippen LogP contribution in [0.15, 0.2) is 42.6 Å². The summed E-state index contributed by atoms with van der Waals surface area (Å²) >= 11 is 0. The first kappa shape index (κ1) is 16.4. The molecule has 1 unspecified atom stereocenters. The van der Waals surface area contributed by atoms with Crippen LogP contribution in [0.2, 0.25) is 0 Å². The van der Waals surface area contributed by atoms with E-state index in [9.17, 15) is 10.1 Å². The van der Waals surface area contributed by atoms with Crippen molar-refractivity contribution >= 4 is 5.69 Å². The molecule has 1 aromatic heterocycles. The van der Waals surface area contributed by atoms with E-state index >= 15 is 0 Å². The van der Waals surface area contributed by atoms with E-state index in [4.69, 9.17) is 0 Å². The Morgan fingerprint density at radius 1 is 1.33 bits per heavy atom. The predicted octanol–water partition coefficient (Wildman–Crippen LogP) is 3.44. The van der Waals surface area contributed by atoms with E-state index in [1.807, 2.05) is 13.2 Å². The molecule has 0 radical (unpaired) electrons. The molecule has 0 bridgehead atoms. The Bertz CT molecular complexity index is 734. The summed E-state index contributed by atoms with van der Waals surface area (Å²) in [6.07, 6.45) is 10.1. The van der Waals surface area contributed by atoms with Crippen LogP contribution in [0, 0.1) is 16.0 Å². The van der Waals surface area contributed by atoms with Gasteiger partial charge in [-0.3, -0.25) is 14.8 Å². The van der Waals surface area contributed by atoms with Gasteiger partial charge in [-0.05, 0) is 43.9 Å². The first-order valence-electron chi connectivity index (χ1n) is 8.26. The Hall–Kier alpha value is -2.47. The molecule has 0 aliphatic heterocycles. The minimum absolute atomic E-state index is 0.0970. The Morgan fingerprint density at radius 3 is 2.79 bits per heavy atom. The van der Waals surface area contributed by atoms with Crippen molar-refractivity contribution in [3.05, 3.63) is 58.3 Å². The third-order valence-electron chi connectivity index (χ3n) is 4.38. The van der Waals surface area contributed by atoms with Crippen molar-refractivity contribution in [1.29, 1.82) is 0 Å². The van der Waals surface area contributed by atoms with Gasteiger partial charge in [-0.2, -0.15) is 5.10 Å². The highest BCUT2D eigenvalue weighted by atomic mass is 16.6. The normalized spacial score (nSPS) is 17.1. The van der Waals surface area contributed by atoms with Crippen LogP contribution in [0.3, 0.4) is 0 Å². The minimum atomic E-state index is -0.386. The maximum Gasteiger partial charge on any atom is 0.269 e. The van der Waals surface area contributed by atoms with Gasteiger partial charge in [0.05, 0.1) is 10.6 Å². The molecule has 6 heteroatoms. The molecule has 3 rings (SSSR count). The SMILES string of the molecule is Cn1cc(CNCC2CC=CCC2)c(-c2ccc([N+](=O)[O-])cc2)n1. The zero-order chi connectivity index (χ0) is 16.9. The maximum absolute atomic E-state index is 10.8. The van der Waals surface area contributed by atoms with Crippen molar-refractivity contribution in [1.82, 2.24) is 15.1 Å². The molecular formula is C18H22N4O2. The monoisotopic (exact) mass is 326 g/mol. The quantitative estimate of drug-likeness (QED) is 0.501. The highest BCUT2D eigenvalue weighted by molar-refractivity contribution is 5.64. The third-order valence-corrected chi connectivity index (χ3v) is 4.38. The molecule has 2 aromatic rings. The van der Waals surface area contributed by atoms with Crippen LogP contribution >= 0.6 is 0 Å². The van der Waals surface area contributed by atoms with Crippen molar-refractivity contribution < 1.29 is 4.92 Å². The lowest BCUT2D eigenvalue weighted by atomic mass is 9.94. The van der Waals surface area contributed by atoms with E-state index in [0.29, 0.717) is 5.92 Å². The Kier molecular flexibility index (Phi) is 5.05. The van der Waals surface area contributed by atoms with Gasteiger partial charge in [0.25, 0.3) is 5.69 Å². The van der Waals surface area contributed by atoms with Crippen LogP contribution < -0.4 is 5.32 Å². The largest absolute Gasteiger partial charge is 0.312 e. The molecule has 0 spiro atoms. The number of nitrogens with one attached hydrogen (secondary N) is 1. The lowest BCUT2D eigenvalue weighted by Crippen LogP contribution is -2.23. The summed E-state index contributed by atoms with van der Waals surface area (Å²) in [7, 11) is 1.89. The molecule has 0 amide bonds. The molecular weight excluding hydrogens is 304 g/mol. The van der Waals surface area contributed by atoms with Gasteiger partial charge in [0.1, 0.15) is 0 Å². The molecule has 24 heavy (non-hydrogen) atoms. The summed E-state index contributed by atoms with van der Waals surface area (Å²) in [4.78, 5) is 10.4. The zero-order valence-electron chi connectivity index (χ0n) is 13.8. The molecule has 1 aliphatic rings. The van der Waals surface area contributed by atoms with Gasteiger partial charge in [-0.1, -0.05) is 12.2 Å². The molecule has 0 fully saturated rings. The fraction of sp³-hybridized carbons (Fsp3) is 0.389. The van der Waals surface area contributed by atoms with Gasteiger partial charge in [-0.25, -0.2) is 0 Å². The highest BCUT2D eigenvalue weighted by Crippen LogP contribution is 2.24. The van der Waals surface area contributed by atoms with Crippen molar-refractivity contribution in [2.45, 2.75) is 25.8 Å². The number of nitrogens with zero attached hydrogens (tertiary/aromatic N) is 3. The van der Waals surface area contributed by atoms with E-state index < -0.39 is 0 Å². The van der Waals surface area contributed by atoms with Gasteiger partial charge >= 0.3 is 0 Å². The van der Waals surface area contributed by atoms with Gasteiger partial charge in [0.15, 0.2) is 0 Å². The van der Waals surface area contributed by atoms with E-state index in [1.165, 1.54) is 25.0 Å². The number of aryl methyl sites for hydroxylation is 1. The van der Waals surface area contributed by atoms with Gasteiger partial charge < -0.3 is 5.32 Å². The smallest absolute Gasteiger partial charge is 0.269 e. The molecule has 1 heterocycles. The number of hydrogen-bond donors (Lipinski definition) is 1.